The second-order valence-electron chi connectivity index (χ2n) is 5.32. The summed E-state index contributed by atoms with van der Waals surface area (Å²) < 4.78 is 5.25. The predicted octanol–water partition coefficient (Wildman–Crippen LogP) is 2.68. The van der Waals surface area contributed by atoms with Crippen LogP contribution in [0.1, 0.15) is 31.0 Å². The normalized spacial score (nSPS) is 20.2. The van der Waals surface area contributed by atoms with Crippen LogP contribution >= 0.6 is 0 Å². The number of benzene rings is 1. The third kappa shape index (κ3) is 2.63. The van der Waals surface area contributed by atoms with Crippen LogP contribution in [0, 0.1) is 12.3 Å². The average molecular weight is 219 g/mol. The summed E-state index contributed by atoms with van der Waals surface area (Å²) >= 11 is 0. The van der Waals surface area contributed by atoms with Gasteiger partial charge in [0.25, 0.3) is 0 Å². The second-order valence-corrected chi connectivity index (χ2v) is 5.32. The molecule has 0 bridgehead atoms. The number of aryl methyl sites for hydroxylation is 1. The van der Waals surface area contributed by atoms with Crippen molar-refractivity contribution >= 4 is 0 Å². The molecule has 2 nitrogen and oxygen atoms in total. The molecule has 1 saturated heterocycles. The Hall–Kier alpha value is -0.860. The van der Waals surface area contributed by atoms with Crippen molar-refractivity contribution in [3.63, 3.8) is 0 Å². The first-order valence-electron chi connectivity index (χ1n) is 5.97. The summed E-state index contributed by atoms with van der Waals surface area (Å²) in [4.78, 5) is 0. The Morgan fingerprint density at radius 1 is 1.44 bits per heavy atom. The largest absolute Gasteiger partial charge is 0.380 e. The minimum atomic E-state index is 0.345. The van der Waals surface area contributed by atoms with Crippen molar-refractivity contribution in [1.29, 1.82) is 0 Å². The molecule has 1 aromatic carbocycles. The Morgan fingerprint density at radius 2 is 2.19 bits per heavy atom. The fourth-order valence-electron chi connectivity index (χ4n) is 2.01. The quantitative estimate of drug-likeness (QED) is 0.840. The van der Waals surface area contributed by atoms with Crippen LogP contribution in [0.15, 0.2) is 24.3 Å². The summed E-state index contributed by atoms with van der Waals surface area (Å²) in [5.74, 6) is 0. The molecular formula is C14H21NO. The maximum Gasteiger partial charge on any atom is 0.0554 e. The van der Waals surface area contributed by atoms with E-state index in [9.17, 15) is 0 Å². The van der Waals surface area contributed by atoms with Crippen LogP contribution in [-0.4, -0.2) is 19.8 Å². The molecule has 0 radical (unpaired) electrons. The molecule has 1 atom stereocenters. The van der Waals surface area contributed by atoms with Crippen LogP contribution in [0.2, 0.25) is 0 Å². The van der Waals surface area contributed by atoms with E-state index in [1.54, 1.807) is 0 Å². The van der Waals surface area contributed by atoms with E-state index in [0.29, 0.717) is 11.5 Å². The summed E-state index contributed by atoms with van der Waals surface area (Å²) in [5, 5.41) is 3.59. The molecule has 2 rings (SSSR count). The molecule has 2 heteroatoms. The summed E-state index contributed by atoms with van der Waals surface area (Å²) in [5.41, 5.74) is 3.03. The number of hydrogen-bond acceptors (Lipinski definition) is 2. The first-order chi connectivity index (χ1) is 7.59. The van der Waals surface area contributed by atoms with Gasteiger partial charge in [0, 0.05) is 18.0 Å². The second kappa shape index (κ2) is 4.56. The average Bonchev–Trinajstić information content (AvgIpc) is 2.23. The number of ether oxygens (including phenoxy) is 1. The van der Waals surface area contributed by atoms with E-state index in [2.05, 4.69) is 50.4 Å². The van der Waals surface area contributed by atoms with E-state index in [4.69, 9.17) is 4.74 Å². The first kappa shape index (κ1) is 11.6. The van der Waals surface area contributed by atoms with Crippen LogP contribution in [0.4, 0.5) is 0 Å². The molecule has 88 valence electrons. The highest BCUT2D eigenvalue weighted by molar-refractivity contribution is 5.24. The Kier molecular flexibility index (Phi) is 3.31. The molecule has 16 heavy (non-hydrogen) atoms. The minimum absolute atomic E-state index is 0.345. The fourth-order valence-corrected chi connectivity index (χ4v) is 2.01. The fraction of sp³-hybridized carbons (Fsp3) is 0.571. The molecule has 0 amide bonds. The summed E-state index contributed by atoms with van der Waals surface area (Å²) in [6, 6.07) is 9.10. The number of nitrogens with one attached hydrogen (secondary N) is 1. The number of hydrogen-bond donors (Lipinski definition) is 1. The molecule has 0 spiro atoms. The van der Waals surface area contributed by atoms with Gasteiger partial charge in [0.15, 0.2) is 0 Å². The molecule has 0 unspecified atom stereocenters. The van der Waals surface area contributed by atoms with Crippen molar-refractivity contribution < 1.29 is 4.74 Å². The summed E-state index contributed by atoms with van der Waals surface area (Å²) in [7, 11) is 0. The molecule has 1 N–H and O–H groups in total. The third-order valence-corrected chi connectivity index (χ3v) is 3.28. The topological polar surface area (TPSA) is 21.3 Å². The monoisotopic (exact) mass is 219 g/mol. The van der Waals surface area contributed by atoms with Gasteiger partial charge >= 0.3 is 0 Å². The smallest absolute Gasteiger partial charge is 0.0554 e. The van der Waals surface area contributed by atoms with E-state index in [-0.39, 0.29) is 0 Å². The van der Waals surface area contributed by atoms with E-state index < -0.39 is 0 Å². The highest BCUT2D eigenvalue weighted by atomic mass is 16.5. The van der Waals surface area contributed by atoms with Crippen LogP contribution in [0.25, 0.3) is 0 Å². The van der Waals surface area contributed by atoms with Gasteiger partial charge in [-0.2, -0.15) is 0 Å². The molecule has 1 heterocycles. The van der Waals surface area contributed by atoms with Gasteiger partial charge in [-0.15, -0.1) is 0 Å². The van der Waals surface area contributed by atoms with Gasteiger partial charge in [0.1, 0.15) is 0 Å². The van der Waals surface area contributed by atoms with Crippen molar-refractivity contribution in [2.75, 3.05) is 19.8 Å². The van der Waals surface area contributed by atoms with E-state index >= 15 is 0 Å². The lowest BCUT2D eigenvalue weighted by Crippen LogP contribution is -2.47. The Bertz CT molecular complexity index is 358. The zero-order chi connectivity index (χ0) is 11.6. The maximum absolute atomic E-state index is 5.25. The Morgan fingerprint density at radius 3 is 2.75 bits per heavy atom. The first-order valence-corrected chi connectivity index (χ1v) is 5.97. The van der Waals surface area contributed by atoms with Crippen LogP contribution in [-0.2, 0) is 4.74 Å². The van der Waals surface area contributed by atoms with Crippen molar-refractivity contribution in [3.8, 4) is 0 Å². The van der Waals surface area contributed by atoms with Gasteiger partial charge in [0.2, 0.25) is 0 Å². The van der Waals surface area contributed by atoms with E-state index in [0.717, 1.165) is 19.8 Å². The molecule has 1 aliphatic rings. The van der Waals surface area contributed by atoms with Crippen molar-refractivity contribution in [2.45, 2.75) is 26.8 Å². The molecule has 0 aliphatic carbocycles. The lowest BCUT2D eigenvalue weighted by Gasteiger charge is -2.39. The molecule has 1 aromatic rings. The zero-order valence-corrected chi connectivity index (χ0v) is 10.4. The van der Waals surface area contributed by atoms with Crippen molar-refractivity contribution in [2.24, 2.45) is 5.41 Å². The Labute approximate surface area is 98.0 Å². The number of rotatable bonds is 4. The molecule has 1 aliphatic heterocycles. The van der Waals surface area contributed by atoms with Gasteiger partial charge in [0.05, 0.1) is 13.2 Å². The van der Waals surface area contributed by atoms with E-state index in [1.165, 1.54) is 11.1 Å². The van der Waals surface area contributed by atoms with E-state index in [1.807, 2.05) is 0 Å². The highest BCUT2D eigenvalue weighted by Crippen LogP contribution is 2.26. The van der Waals surface area contributed by atoms with Crippen molar-refractivity contribution in [3.05, 3.63) is 35.4 Å². The SMILES string of the molecule is Cc1cccc([C@@H](C)NCC2(C)COC2)c1. The molecule has 1 fully saturated rings. The third-order valence-electron chi connectivity index (χ3n) is 3.28. The van der Waals surface area contributed by atoms with Gasteiger partial charge in [-0.1, -0.05) is 36.8 Å². The zero-order valence-electron chi connectivity index (χ0n) is 10.4. The van der Waals surface area contributed by atoms with Crippen LogP contribution in [0.5, 0.6) is 0 Å². The Balaban J connectivity index is 1.90. The standard InChI is InChI=1S/C14H21NO/c1-11-5-4-6-13(7-11)12(2)15-8-14(3)9-16-10-14/h4-7,12,15H,8-10H2,1-3H3/t12-/m1/s1. The summed E-state index contributed by atoms with van der Waals surface area (Å²) in [6.07, 6.45) is 0. The van der Waals surface area contributed by atoms with Gasteiger partial charge in [-0.25, -0.2) is 0 Å². The maximum atomic E-state index is 5.25. The molecular weight excluding hydrogens is 198 g/mol. The van der Waals surface area contributed by atoms with Gasteiger partial charge < -0.3 is 10.1 Å². The molecule has 0 aromatic heterocycles. The minimum Gasteiger partial charge on any atom is -0.380 e. The predicted molar refractivity (Wildman–Crippen MR) is 66.5 cm³/mol. The van der Waals surface area contributed by atoms with Crippen molar-refractivity contribution in [1.82, 2.24) is 5.32 Å². The highest BCUT2D eigenvalue weighted by Gasteiger charge is 2.33. The van der Waals surface area contributed by atoms with Crippen LogP contribution < -0.4 is 5.32 Å². The van der Waals surface area contributed by atoms with Gasteiger partial charge in [-0.3, -0.25) is 0 Å². The lowest BCUT2D eigenvalue weighted by atomic mass is 9.88. The van der Waals surface area contributed by atoms with Crippen LogP contribution in [0.3, 0.4) is 0 Å². The lowest BCUT2D eigenvalue weighted by molar-refractivity contribution is -0.0999. The molecule has 0 saturated carbocycles. The van der Waals surface area contributed by atoms with Gasteiger partial charge in [-0.05, 0) is 19.4 Å². The summed E-state index contributed by atoms with van der Waals surface area (Å²) in [6.45, 7) is 9.44.